The Balaban J connectivity index is 1.87. The largest absolute Gasteiger partial charge is 0.487 e. The number of ether oxygens (including phenoxy) is 1. The molecule has 0 aromatic heterocycles. The van der Waals surface area contributed by atoms with E-state index in [9.17, 15) is 5.11 Å². The lowest BCUT2D eigenvalue weighted by atomic mass is 9.68. The first-order valence-electron chi connectivity index (χ1n) is 7.06. The third-order valence-corrected chi connectivity index (χ3v) is 5.23. The van der Waals surface area contributed by atoms with E-state index < -0.39 is 6.10 Å². The highest BCUT2D eigenvalue weighted by Gasteiger charge is 2.44. The fraction of sp³-hybridized carbons (Fsp3) is 0.625. The molecule has 2 aliphatic rings. The lowest BCUT2D eigenvalue weighted by molar-refractivity contribution is -0.0576. The van der Waals surface area contributed by atoms with Gasteiger partial charge in [0.15, 0.2) is 0 Å². The Kier molecular flexibility index (Phi) is 3.18. The SMILES string of the molecule is CC1(C)CCC2(CC1)CC(O)c1cc(Br)ccc1O2. The molecule has 1 atom stereocenters. The molecule has 1 fully saturated rings. The average molecular weight is 325 g/mol. The fourth-order valence-corrected chi connectivity index (χ4v) is 3.68. The van der Waals surface area contributed by atoms with Crippen molar-refractivity contribution in [1.82, 2.24) is 0 Å². The van der Waals surface area contributed by atoms with Crippen molar-refractivity contribution in [1.29, 1.82) is 0 Å². The zero-order chi connectivity index (χ0) is 13.7. The van der Waals surface area contributed by atoms with Crippen molar-refractivity contribution in [3.05, 3.63) is 28.2 Å². The summed E-state index contributed by atoms with van der Waals surface area (Å²) < 4.78 is 7.29. The number of halogens is 1. The summed E-state index contributed by atoms with van der Waals surface area (Å²) in [5.41, 5.74) is 1.19. The first-order chi connectivity index (χ1) is 8.89. The van der Waals surface area contributed by atoms with E-state index in [1.807, 2.05) is 18.2 Å². The highest BCUT2D eigenvalue weighted by atomic mass is 79.9. The van der Waals surface area contributed by atoms with Gasteiger partial charge in [0.25, 0.3) is 0 Å². The summed E-state index contributed by atoms with van der Waals surface area (Å²) in [6, 6.07) is 5.93. The summed E-state index contributed by atoms with van der Waals surface area (Å²) in [5, 5.41) is 10.4. The van der Waals surface area contributed by atoms with Gasteiger partial charge in [-0.2, -0.15) is 0 Å². The summed E-state index contributed by atoms with van der Waals surface area (Å²) in [5.74, 6) is 0.863. The molecular weight excluding hydrogens is 304 g/mol. The van der Waals surface area contributed by atoms with Gasteiger partial charge in [-0.05, 0) is 49.3 Å². The second-order valence-corrected chi connectivity index (χ2v) is 7.77. The maximum Gasteiger partial charge on any atom is 0.126 e. The van der Waals surface area contributed by atoms with Crippen molar-refractivity contribution < 1.29 is 9.84 Å². The molecule has 1 heterocycles. The minimum Gasteiger partial charge on any atom is -0.487 e. The van der Waals surface area contributed by atoms with Gasteiger partial charge in [-0.25, -0.2) is 0 Å². The van der Waals surface area contributed by atoms with Crippen LogP contribution in [0.15, 0.2) is 22.7 Å². The van der Waals surface area contributed by atoms with E-state index >= 15 is 0 Å². The molecule has 19 heavy (non-hydrogen) atoms. The number of fused-ring (bicyclic) bond motifs is 1. The molecule has 1 N–H and O–H groups in total. The Hall–Kier alpha value is -0.540. The maximum absolute atomic E-state index is 10.4. The van der Waals surface area contributed by atoms with Gasteiger partial charge in [0.05, 0.1) is 6.10 Å². The van der Waals surface area contributed by atoms with Gasteiger partial charge in [0.2, 0.25) is 0 Å². The first kappa shape index (κ1) is 13.4. The molecule has 0 amide bonds. The summed E-state index contributed by atoms with van der Waals surface area (Å²) in [7, 11) is 0. The van der Waals surface area contributed by atoms with E-state index in [4.69, 9.17) is 4.74 Å². The van der Waals surface area contributed by atoms with E-state index in [1.165, 1.54) is 12.8 Å². The van der Waals surface area contributed by atoms with Crippen LogP contribution >= 0.6 is 15.9 Å². The molecular formula is C16H21BrO2. The molecule has 1 aromatic carbocycles. The van der Waals surface area contributed by atoms with Gasteiger partial charge in [-0.1, -0.05) is 29.8 Å². The van der Waals surface area contributed by atoms with Crippen molar-refractivity contribution in [3.8, 4) is 5.75 Å². The number of aliphatic hydroxyl groups excluding tert-OH is 1. The second kappa shape index (κ2) is 4.49. The Labute approximate surface area is 123 Å². The predicted octanol–water partition coefficient (Wildman–Crippen LogP) is 4.60. The third kappa shape index (κ3) is 2.55. The molecule has 3 rings (SSSR count). The van der Waals surface area contributed by atoms with Crippen LogP contribution in [0.2, 0.25) is 0 Å². The van der Waals surface area contributed by atoms with Gasteiger partial charge in [-0.15, -0.1) is 0 Å². The number of hydrogen-bond acceptors (Lipinski definition) is 2. The quantitative estimate of drug-likeness (QED) is 0.755. The Morgan fingerprint density at radius 2 is 1.89 bits per heavy atom. The number of aliphatic hydroxyl groups is 1. The van der Waals surface area contributed by atoms with Crippen LogP contribution in [0, 0.1) is 5.41 Å². The van der Waals surface area contributed by atoms with Gasteiger partial charge in [-0.3, -0.25) is 0 Å². The Morgan fingerprint density at radius 1 is 1.21 bits per heavy atom. The lowest BCUT2D eigenvalue weighted by Gasteiger charge is -2.47. The molecule has 0 radical (unpaired) electrons. The summed E-state index contributed by atoms with van der Waals surface area (Å²) in [6.07, 6.45) is 4.77. The normalized spacial score (nSPS) is 27.7. The number of rotatable bonds is 0. The summed E-state index contributed by atoms with van der Waals surface area (Å²) in [6.45, 7) is 4.65. The Morgan fingerprint density at radius 3 is 2.58 bits per heavy atom. The van der Waals surface area contributed by atoms with E-state index in [0.29, 0.717) is 5.41 Å². The molecule has 1 aliphatic heterocycles. The van der Waals surface area contributed by atoms with Crippen LogP contribution in [0.4, 0.5) is 0 Å². The van der Waals surface area contributed by atoms with Crippen LogP contribution in [0.3, 0.4) is 0 Å². The lowest BCUT2D eigenvalue weighted by Crippen LogP contribution is -2.45. The van der Waals surface area contributed by atoms with Crippen LogP contribution in [0.5, 0.6) is 5.75 Å². The predicted molar refractivity (Wildman–Crippen MR) is 79.3 cm³/mol. The van der Waals surface area contributed by atoms with Gasteiger partial charge < -0.3 is 9.84 Å². The molecule has 1 aliphatic carbocycles. The van der Waals surface area contributed by atoms with E-state index in [2.05, 4.69) is 29.8 Å². The molecule has 3 heteroatoms. The highest BCUT2D eigenvalue weighted by Crippen LogP contribution is 2.50. The molecule has 0 bridgehead atoms. The van der Waals surface area contributed by atoms with Crippen LogP contribution in [-0.4, -0.2) is 10.7 Å². The van der Waals surface area contributed by atoms with Gasteiger partial charge in [0, 0.05) is 16.5 Å². The molecule has 1 unspecified atom stereocenters. The number of hydrogen-bond donors (Lipinski definition) is 1. The van der Waals surface area contributed by atoms with Crippen molar-refractivity contribution in [2.45, 2.75) is 57.7 Å². The minimum absolute atomic E-state index is 0.143. The molecule has 104 valence electrons. The molecule has 1 saturated carbocycles. The highest BCUT2D eigenvalue weighted by molar-refractivity contribution is 9.10. The zero-order valence-electron chi connectivity index (χ0n) is 11.6. The minimum atomic E-state index is -0.400. The average Bonchev–Trinajstić information content (AvgIpc) is 2.35. The Bertz CT molecular complexity index is 486. The van der Waals surface area contributed by atoms with Crippen molar-refractivity contribution in [2.75, 3.05) is 0 Å². The molecule has 1 aromatic rings. The van der Waals surface area contributed by atoms with E-state index in [1.54, 1.807) is 0 Å². The summed E-state index contributed by atoms with van der Waals surface area (Å²) in [4.78, 5) is 0. The van der Waals surface area contributed by atoms with Crippen LogP contribution in [-0.2, 0) is 0 Å². The van der Waals surface area contributed by atoms with Crippen LogP contribution in [0.25, 0.3) is 0 Å². The van der Waals surface area contributed by atoms with E-state index in [0.717, 1.165) is 35.0 Å². The zero-order valence-corrected chi connectivity index (χ0v) is 13.2. The standard InChI is InChI=1S/C16H21BrO2/c1-15(2)5-7-16(8-6-15)10-13(18)12-9-11(17)3-4-14(12)19-16/h3-4,9,13,18H,5-8,10H2,1-2H3. The van der Waals surface area contributed by atoms with E-state index in [-0.39, 0.29) is 5.60 Å². The third-order valence-electron chi connectivity index (χ3n) is 4.74. The fourth-order valence-electron chi connectivity index (χ4n) is 3.30. The topological polar surface area (TPSA) is 29.5 Å². The van der Waals surface area contributed by atoms with Crippen molar-refractivity contribution in [2.24, 2.45) is 5.41 Å². The van der Waals surface area contributed by atoms with Crippen LogP contribution in [0.1, 0.15) is 57.6 Å². The molecule has 0 saturated heterocycles. The number of benzene rings is 1. The first-order valence-corrected chi connectivity index (χ1v) is 7.85. The monoisotopic (exact) mass is 324 g/mol. The van der Waals surface area contributed by atoms with Crippen molar-refractivity contribution in [3.63, 3.8) is 0 Å². The smallest absolute Gasteiger partial charge is 0.126 e. The second-order valence-electron chi connectivity index (χ2n) is 6.85. The van der Waals surface area contributed by atoms with Gasteiger partial charge in [0.1, 0.15) is 11.4 Å². The maximum atomic E-state index is 10.4. The molecule has 1 spiro atoms. The van der Waals surface area contributed by atoms with Crippen molar-refractivity contribution >= 4 is 15.9 Å². The van der Waals surface area contributed by atoms with Crippen LogP contribution < -0.4 is 4.74 Å². The molecule has 2 nitrogen and oxygen atoms in total. The summed E-state index contributed by atoms with van der Waals surface area (Å²) >= 11 is 3.45. The van der Waals surface area contributed by atoms with Gasteiger partial charge >= 0.3 is 0 Å².